The van der Waals surface area contributed by atoms with Crippen molar-refractivity contribution in [2.75, 3.05) is 18.5 Å². The van der Waals surface area contributed by atoms with Crippen molar-refractivity contribution in [2.24, 2.45) is 11.7 Å². The fraction of sp³-hybridized carbons (Fsp3) is 0.593. The van der Waals surface area contributed by atoms with Crippen LogP contribution in [-0.4, -0.2) is 54.0 Å². The third kappa shape index (κ3) is 5.28. The smallest absolute Gasteiger partial charge is 0.255 e. The largest absolute Gasteiger partial charge is 0.381 e. The molecule has 1 aliphatic carbocycles. The predicted molar refractivity (Wildman–Crippen MR) is 133 cm³/mol. The quantitative estimate of drug-likeness (QED) is 0.426. The van der Waals surface area contributed by atoms with E-state index < -0.39 is 6.04 Å². The minimum absolute atomic E-state index is 0.136. The maximum atomic E-state index is 13.2. The number of nitrogens with one attached hydrogen (secondary N) is 2. The Morgan fingerprint density at radius 1 is 1.09 bits per heavy atom. The van der Waals surface area contributed by atoms with Gasteiger partial charge in [-0.25, -0.2) is 0 Å². The van der Waals surface area contributed by atoms with E-state index in [0.29, 0.717) is 30.5 Å². The molecule has 4 aliphatic rings. The van der Waals surface area contributed by atoms with E-state index in [2.05, 4.69) is 16.7 Å². The summed E-state index contributed by atoms with van der Waals surface area (Å²) in [5.41, 5.74) is 10.2. The molecule has 0 unspecified atom stereocenters. The molecule has 3 heterocycles. The molecule has 2 saturated heterocycles. The number of nitrogens with zero attached hydrogens (tertiary/aromatic N) is 1. The predicted octanol–water partition coefficient (Wildman–Crippen LogP) is 2.87. The fourth-order valence-electron chi connectivity index (χ4n) is 5.97. The van der Waals surface area contributed by atoms with Crippen molar-refractivity contribution in [3.8, 4) is 0 Å². The Hall–Kier alpha value is -2.71. The third-order valence-corrected chi connectivity index (χ3v) is 8.10. The molecule has 35 heavy (non-hydrogen) atoms. The van der Waals surface area contributed by atoms with E-state index in [1.54, 1.807) is 4.90 Å². The van der Waals surface area contributed by atoms with Gasteiger partial charge in [0.25, 0.3) is 5.91 Å². The zero-order chi connectivity index (χ0) is 24.4. The maximum absolute atomic E-state index is 13.2. The molecule has 1 aromatic rings. The molecule has 3 aliphatic heterocycles. The monoisotopic (exact) mass is 480 g/mol. The van der Waals surface area contributed by atoms with Gasteiger partial charge < -0.3 is 20.7 Å². The van der Waals surface area contributed by atoms with Crippen LogP contribution >= 0.6 is 0 Å². The topological polar surface area (TPSA) is 114 Å². The first-order valence-corrected chi connectivity index (χ1v) is 13.0. The molecule has 1 saturated carbocycles. The first-order valence-electron chi connectivity index (χ1n) is 13.0. The number of nitrogens with two attached hydrogens (primary N) is 1. The first kappa shape index (κ1) is 24.0. The van der Waals surface area contributed by atoms with Crippen LogP contribution in [0, 0.1) is 5.92 Å². The Balaban J connectivity index is 1.35. The summed E-state index contributed by atoms with van der Waals surface area (Å²) in [6.45, 7) is 1.98. The number of fused-ring (bicyclic) bond motifs is 1. The Morgan fingerprint density at radius 3 is 2.60 bits per heavy atom. The number of rotatable bonds is 6. The summed E-state index contributed by atoms with van der Waals surface area (Å²) in [7, 11) is 0. The Morgan fingerprint density at radius 2 is 1.86 bits per heavy atom. The van der Waals surface area contributed by atoms with Gasteiger partial charge in [-0.15, -0.1) is 0 Å². The van der Waals surface area contributed by atoms with Gasteiger partial charge in [-0.1, -0.05) is 17.7 Å². The van der Waals surface area contributed by atoms with Crippen molar-refractivity contribution < 1.29 is 19.1 Å². The van der Waals surface area contributed by atoms with E-state index in [-0.39, 0.29) is 30.2 Å². The summed E-state index contributed by atoms with van der Waals surface area (Å²) in [6, 6.07) is 5.74. The minimum Gasteiger partial charge on any atom is -0.381 e. The van der Waals surface area contributed by atoms with Crippen LogP contribution < -0.4 is 16.4 Å². The van der Waals surface area contributed by atoms with E-state index in [9.17, 15) is 14.4 Å². The molecule has 1 aromatic carbocycles. The average Bonchev–Trinajstić information content (AvgIpc) is 3.20. The van der Waals surface area contributed by atoms with E-state index in [1.165, 1.54) is 5.57 Å². The third-order valence-electron chi connectivity index (χ3n) is 8.10. The molecule has 2 atom stereocenters. The van der Waals surface area contributed by atoms with Gasteiger partial charge in [0, 0.05) is 41.9 Å². The Bertz CT molecular complexity index is 1010. The van der Waals surface area contributed by atoms with E-state index in [4.69, 9.17) is 10.5 Å². The minimum atomic E-state index is -0.602. The summed E-state index contributed by atoms with van der Waals surface area (Å²) < 4.78 is 5.51. The van der Waals surface area contributed by atoms with Crippen molar-refractivity contribution in [1.82, 2.24) is 10.2 Å². The van der Waals surface area contributed by atoms with Crippen LogP contribution in [0.3, 0.4) is 0 Å². The highest BCUT2D eigenvalue weighted by Crippen LogP contribution is 2.35. The van der Waals surface area contributed by atoms with Crippen molar-refractivity contribution in [3.05, 3.63) is 41.0 Å². The normalized spacial score (nSPS) is 27.9. The maximum Gasteiger partial charge on any atom is 0.255 e. The summed E-state index contributed by atoms with van der Waals surface area (Å²) in [5, 5.41) is 6.20. The van der Waals surface area contributed by atoms with Gasteiger partial charge in [0.15, 0.2) is 0 Å². The lowest BCUT2D eigenvalue weighted by Gasteiger charge is -2.34. The van der Waals surface area contributed by atoms with Gasteiger partial charge in [0.2, 0.25) is 11.8 Å². The second-order valence-electron chi connectivity index (χ2n) is 10.4. The second kappa shape index (κ2) is 10.5. The second-order valence-corrected chi connectivity index (χ2v) is 10.4. The van der Waals surface area contributed by atoms with Gasteiger partial charge >= 0.3 is 0 Å². The van der Waals surface area contributed by atoms with Crippen LogP contribution in [0.5, 0.6) is 0 Å². The number of ether oxygens (including phenoxy) is 1. The summed E-state index contributed by atoms with van der Waals surface area (Å²) in [5.74, 6) is -0.267. The highest BCUT2D eigenvalue weighted by Gasteiger charge is 2.40. The van der Waals surface area contributed by atoms with Crippen LogP contribution in [0.25, 0.3) is 0 Å². The number of benzene rings is 1. The fourth-order valence-corrected chi connectivity index (χ4v) is 5.97. The molecule has 3 fully saturated rings. The molecule has 5 rings (SSSR count). The average molecular weight is 481 g/mol. The Labute approximate surface area is 206 Å². The molecule has 0 bridgehead atoms. The number of amides is 3. The van der Waals surface area contributed by atoms with Crippen LogP contribution in [0.1, 0.15) is 73.7 Å². The summed E-state index contributed by atoms with van der Waals surface area (Å²) in [6.07, 6.45) is 10.2. The molecule has 8 heteroatoms. The van der Waals surface area contributed by atoms with Crippen molar-refractivity contribution in [1.29, 1.82) is 0 Å². The number of imide groups is 1. The molecule has 3 amide bonds. The number of carbonyl (C=O) groups is 3. The van der Waals surface area contributed by atoms with Crippen LogP contribution in [0.2, 0.25) is 0 Å². The lowest BCUT2D eigenvalue weighted by Crippen LogP contribution is -2.52. The lowest BCUT2D eigenvalue weighted by atomic mass is 9.80. The van der Waals surface area contributed by atoms with E-state index >= 15 is 0 Å². The molecule has 0 aromatic heterocycles. The van der Waals surface area contributed by atoms with Gasteiger partial charge in [-0.3, -0.25) is 19.7 Å². The number of piperidine rings is 1. The van der Waals surface area contributed by atoms with Crippen molar-refractivity contribution >= 4 is 23.4 Å². The zero-order valence-electron chi connectivity index (χ0n) is 20.3. The summed E-state index contributed by atoms with van der Waals surface area (Å²) >= 11 is 0. The molecule has 4 N–H and O–H groups in total. The number of anilines is 1. The molecule has 188 valence electrons. The summed E-state index contributed by atoms with van der Waals surface area (Å²) in [4.78, 5) is 38.9. The van der Waals surface area contributed by atoms with E-state index in [0.717, 1.165) is 69.4 Å². The van der Waals surface area contributed by atoms with Gasteiger partial charge in [-0.2, -0.15) is 0 Å². The van der Waals surface area contributed by atoms with Crippen LogP contribution in [-0.2, 0) is 20.9 Å². The molecular formula is C27H36N4O4. The molecular weight excluding hydrogens is 444 g/mol. The first-order chi connectivity index (χ1) is 17.0. The number of hydrogen-bond acceptors (Lipinski definition) is 6. The van der Waals surface area contributed by atoms with Gasteiger partial charge in [0.05, 0.1) is 13.2 Å². The lowest BCUT2D eigenvalue weighted by molar-refractivity contribution is -0.136. The highest BCUT2D eigenvalue weighted by molar-refractivity contribution is 6.06. The van der Waals surface area contributed by atoms with Gasteiger partial charge in [0.1, 0.15) is 6.04 Å². The van der Waals surface area contributed by atoms with Crippen LogP contribution in [0.4, 0.5) is 5.69 Å². The molecule has 8 nitrogen and oxygen atoms in total. The SMILES string of the molecule is NC1CCC([C@@H](CC=C2CCOCC2)Nc2cccc3c2CN([C@@H]2CCC(=O)NC2=O)C3=O)CC1. The van der Waals surface area contributed by atoms with Crippen molar-refractivity contribution in [2.45, 2.75) is 82.5 Å². The zero-order valence-corrected chi connectivity index (χ0v) is 20.3. The molecule has 0 spiro atoms. The Kier molecular flexibility index (Phi) is 7.20. The van der Waals surface area contributed by atoms with Crippen molar-refractivity contribution in [3.63, 3.8) is 0 Å². The number of hydrogen-bond donors (Lipinski definition) is 3. The van der Waals surface area contributed by atoms with Crippen LogP contribution in [0.15, 0.2) is 29.8 Å². The number of carbonyl (C=O) groups excluding carboxylic acids is 3. The highest BCUT2D eigenvalue weighted by atomic mass is 16.5. The van der Waals surface area contributed by atoms with E-state index in [1.807, 2.05) is 18.2 Å². The standard InChI is InChI=1S/C27H36N4O4/c28-19-7-5-18(6-8-19)22(9-4-17-12-14-35-15-13-17)29-23-3-1-2-20-21(23)16-31(27(20)34)24-10-11-25(32)30-26(24)33/h1-4,18-19,22,24,29H,5-16,28H2,(H,30,32,33)/t18?,19?,22-,24-/m1/s1. The van der Waals surface area contributed by atoms with Gasteiger partial charge in [-0.05, 0) is 69.4 Å². The molecule has 0 radical (unpaired) electrons.